The van der Waals surface area contributed by atoms with Gasteiger partial charge >= 0.3 is 5.97 Å². The number of hydrogen-bond acceptors (Lipinski definition) is 7. The van der Waals surface area contributed by atoms with E-state index in [4.69, 9.17) is 18.6 Å². The summed E-state index contributed by atoms with van der Waals surface area (Å²) in [7, 11) is 0. The molecule has 0 saturated heterocycles. The second-order valence-corrected chi connectivity index (χ2v) is 7.28. The fourth-order valence-corrected chi connectivity index (χ4v) is 3.45. The van der Waals surface area contributed by atoms with Crippen molar-refractivity contribution in [2.24, 2.45) is 0 Å². The molecular weight excluding hydrogens is 390 g/mol. The number of nitrogens with zero attached hydrogens (tertiary/aromatic N) is 1. The van der Waals surface area contributed by atoms with E-state index in [-0.39, 0.29) is 5.97 Å². The zero-order valence-corrected chi connectivity index (χ0v) is 17.7. The Kier molecular flexibility index (Phi) is 7.43. The monoisotopic (exact) mass is 415 g/mol. The van der Waals surface area contributed by atoms with E-state index >= 15 is 0 Å². The van der Waals surface area contributed by atoms with Crippen LogP contribution in [0.2, 0.25) is 0 Å². The molecule has 0 amide bonds. The first-order chi connectivity index (χ1) is 14.1. The predicted octanol–water partition coefficient (Wildman–Crippen LogP) is 4.80. The van der Waals surface area contributed by atoms with Crippen molar-refractivity contribution >= 4 is 17.3 Å². The fourth-order valence-electron chi connectivity index (χ4n) is 2.80. The Balaban J connectivity index is 1.58. The molecule has 29 heavy (non-hydrogen) atoms. The van der Waals surface area contributed by atoms with Crippen molar-refractivity contribution in [2.75, 3.05) is 13.2 Å². The summed E-state index contributed by atoms with van der Waals surface area (Å²) in [5.41, 5.74) is 1.75. The van der Waals surface area contributed by atoms with Crippen LogP contribution in [0.4, 0.5) is 0 Å². The smallest absolute Gasteiger partial charge is 0.335 e. The van der Waals surface area contributed by atoms with Gasteiger partial charge in [-0.2, -0.15) is 0 Å². The van der Waals surface area contributed by atoms with Crippen molar-refractivity contribution in [1.82, 2.24) is 4.98 Å². The summed E-state index contributed by atoms with van der Waals surface area (Å²) < 4.78 is 22.2. The van der Waals surface area contributed by atoms with Gasteiger partial charge in [0, 0.05) is 13.0 Å². The second kappa shape index (κ2) is 10.2. The average Bonchev–Trinajstić information content (AvgIpc) is 3.37. The number of aromatic nitrogens is 1. The second-order valence-electron chi connectivity index (χ2n) is 6.33. The molecule has 0 unspecified atom stereocenters. The zero-order chi connectivity index (χ0) is 20.6. The van der Waals surface area contributed by atoms with Crippen LogP contribution in [0.15, 0.2) is 46.2 Å². The van der Waals surface area contributed by atoms with Crippen molar-refractivity contribution < 1.29 is 23.4 Å². The molecule has 0 saturated carbocycles. The number of oxazole rings is 1. The van der Waals surface area contributed by atoms with Crippen LogP contribution in [0.1, 0.15) is 30.9 Å². The summed E-state index contributed by atoms with van der Waals surface area (Å²) in [6.45, 7) is 6.64. The van der Waals surface area contributed by atoms with Gasteiger partial charge in [-0.15, -0.1) is 11.3 Å². The molecule has 0 N–H and O–H groups in total. The molecule has 0 radical (unpaired) electrons. The first-order valence-electron chi connectivity index (χ1n) is 9.60. The molecule has 3 rings (SSSR count). The molecule has 0 aliphatic heterocycles. The van der Waals surface area contributed by atoms with Crippen LogP contribution in [-0.4, -0.2) is 30.3 Å². The first kappa shape index (κ1) is 21.1. The third-order valence-corrected chi connectivity index (χ3v) is 5.12. The van der Waals surface area contributed by atoms with Crippen LogP contribution in [-0.2, 0) is 27.3 Å². The Morgan fingerprint density at radius 2 is 1.97 bits per heavy atom. The van der Waals surface area contributed by atoms with E-state index in [1.54, 1.807) is 18.3 Å². The molecule has 2 aromatic heterocycles. The molecule has 2 heterocycles. The van der Waals surface area contributed by atoms with Gasteiger partial charge in [0.25, 0.3) is 0 Å². The van der Waals surface area contributed by atoms with Gasteiger partial charge in [-0.1, -0.05) is 18.2 Å². The van der Waals surface area contributed by atoms with Crippen LogP contribution < -0.4 is 4.74 Å². The number of carbonyl (C=O) groups is 1. The number of aryl methyl sites for hydroxylation is 1. The van der Waals surface area contributed by atoms with Crippen molar-refractivity contribution in [3.63, 3.8) is 0 Å². The molecule has 0 spiro atoms. The Hall–Kier alpha value is -2.64. The van der Waals surface area contributed by atoms with E-state index in [9.17, 15) is 4.79 Å². The third kappa shape index (κ3) is 5.68. The van der Waals surface area contributed by atoms with Crippen LogP contribution in [0.5, 0.6) is 5.75 Å². The quantitative estimate of drug-likeness (QED) is 0.443. The van der Waals surface area contributed by atoms with Crippen LogP contribution >= 0.6 is 11.3 Å². The minimum absolute atomic E-state index is 0.324. The lowest BCUT2D eigenvalue weighted by Crippen LogP contribution is -2.28. The summed E-state index contributed by atoms with van der Waals surface area (Å²) in [6, 6.07) is 11.5. The maximum atomic E-state index is 12.0. The highest BCUT2D eigenvalue weighted by molar-refractivity contribution is 7.13. The van der Waals surface area contributed by atoms with E-state index in [0.29, 0.717) is 32.1 Å². The van der Waals surface area contributed by atoms with Crippen molar-refractivity contribution in [1.29, 1.82) is 0 Å². The van der Waals surface area contributed by atoms with Gasteiger partial charge in [0.05, 0.1) is 11.5 Å². The van der Waals surface area contributed by atoms with Gasteiger partial charge in [0.2, 0.25) is 5.89 Å². The maximum Gasteiger partial charge on any atom is 0.335 e. The topological polar surface area (TPSA) is 70.8 Å². The Bertz CT molecular complexity index is 902. The van der Waals surface area contributed by atoms with Gasteiger partial charge < -0.3 is 18.6 Å². The van der Waals surface area contributed by atoms with Gasteiger partial charge in [0.1, 0.15) is 23.8 Å². The Labute approximate surface area is 174 Å². The van der Waals surface area contributed by atoms with E-state index in [1.807, 2.05) is 55.6 Å². The predicted molar refractivity (Wildman–Crippen MR) is 111 cm³/mol. The highest BCUT2D eigenvalue weighted by atomic mass is 32.1. The van der Waals surface area contributed by atoms with Gasteiger partial charge in [-0.3, -0.25) is 0 Å². The van der Waals surface area contributed by atoms with E-state index in [1.165, 1.54) is 0 Å². The highest BCUT2D eigenvalue weighted by Crippen LogP contribution is 2.26. The lowest BCUT2D eigenvalue weighted by molar-refractivity contribution is -0.156. The van der Waals surface area contributed by atoms with Gasteiger partial charge in [0.15, 0.2) is 6.10 Å². The standard InChI is InChI=1S/C22H25NO5S/c1-4-25-19(22(24)26-5-2)13-16-8-10-17(11-9-16)27-14-18-15(3)28-21(23-18)20-7-6-12-29-20/h6-12,19H,4-5,13-14H2,1-3H3/t19-/m0/s1. The summed E-state index contributed by atoms with van der Waals surface area (Å²) >= 11 is 1.59. The molecule has 1 aromatic carbocycles. The van der Waals surface area contributed by atoms with Crippen molar-refractivity contribution in [2.45, 2.75) is 39.9 Å². The molecule has 6 nitrogen and oxygen atoms in total. The van der Waals surface area contributed by atoms with E-state index in [0.717, 1.165) is 27.6 Å². The van der Waals surface area contributed by atoms with Crippen LogP contribution in [0, 0.1) is 6.92 Å². The normalized spacial score (nSPS) is 12.0. The number of benzene rings is 1. The average molecular weight is 416 g/mol. The van der Waals surface area contributed by atoms with E-state index < -0.39 is 6.10 Å². The molecule has 0 fully saturated rings. The maximum absolute atomic E-state index is 12.0. The third-order valence-electron chi connectivity index (χ3n) is 4.26. The number of hydrogen-bond donors (Lipinski definition) is 0. The number of carbonyl (C=O) groups excluding carboxylic acids is 1. The molecule has 7 heteroatoms. The van der Waals surface area contributed by atoms with Crippen molar-refractivity contribution in [3.05, 3.63) is 58.8 Å². The summed E-state index contributed by atoms with van der Waals surface area (Å²) in [4.78, 5) is 17.5. The summed E-state index contributed by atoms with van der Waals surface area (Å²) in [5.74, 6) is 1.75. The lowest BCUT2D eigenvalue weighted by atomic mass is 10.1. The van der Waals surface area contributed by atoms with Gasteiger partial charge in [-0.05, 0) is 49.9 Å². The SMILES string of the molecule is CCOC(=O)[C@H](Cc1ccc(OCc2nc(-c3cccs3)oc2C)cc1)OCC. The summed E-state index contributed by atoms with van der Waals surface area (Å²) in [6.07, 6.45) is -0.139. The first-order valence-corrected chi connectivity index (χ1v) is 10.5. The minimum atomic E-state index is -0.597. The Morgan fingerprint density at radius 3 is 2.62 bits per heavy atom. The van der Waals surface area contributed by atoms with Crippen molar-refractivity contribution in [3.8, 4) is 16.5 Å². The van der Waals surface area contributed by atoms with Crippen LogP contribution in [0.25, 0.3) is 10.8 Å². The minimum Gasteiger partial charge on any atom is -0.487 e. The molecule has 0 aliphatic carbocycles. The molecule has 0 aliphatic rings. The Morgan fingerprint density at radius 1 is 1.17 bits per heavy atom. The fraction of sp³-hybridized carbons (Fsp3) is 0.364. The van der Waals surface area contributed by atoms with E-state index in [2.05, 4.69) is 4.98 Å². The zero-order valence-electron chi connectivity index (χ0n) is 16.8. The largest absolute Gasteiger partial charge is 0.487 e. The molecular formula is C22H25NO5S. The number of thiophene rings is 1. The molecule has 3 aromatic rings. The van der Waals surface area contributed by atoms with Gasteiger partial charge in [-0.25, -0.2) is 9.78 Å². The highest BCUT2D eigenvalue weighted by Gasteiger charge is 2.20. The molecule has 154 valence electrons. The number of ether oxygens (including phenoxy) is 3. The molecule has 0 bridgehead atoms. The van der Waals surface area contributed by atoms with Crippen LogP contribution in [0.3, 0.4) is 0 Å². The lowest BCUT2D eigenvalue weighted by Gasteiger charge is -2.15. The number of rotatable bonds is 10. The number of esters is 1. The summed E-state index contributed by atoms with van der Waals surface area (Å²) in [5, 5.41) is 1.99. The molecule has 1 atom stereocenters.